The Morgan fingerprint density at radius 2 is 1.62 bits per heavy atom. The van der Waals surface area contributed by atoms with Crippen molar-refractivity contribution in [2.45, 2.75) is 4.90 Å². The summed E-state index contributed by atoms with van der Waals surface area (Å²) in [6.45, 7) is 2.90. The Labute approximate surface area is 129 Å². The second kappa shape index (κ2) is 11.1. The van der Waals surface area contributed by atoms with E-state index in [-0.39, 0.29) is 0 Å². The van der Waals surface area contributed by atoms with E-state index in [9.17, 15) is 0 Å². The van der Waals surface area contributed by atoms with E-state index in [0.29, 0.717) is 44.2 Å². The topological polar surface area (TPSA) is 75.3 Å². The number of nitriles is 2. The first-order valence-corrected chi connectivity index (χ1v) is 7.52. The summed E-state index contributed by atoms with van der Waals surface area (Å²) in [6.07, 6.45) is 0. The molecule has 0 aliphatic carbocycles. The molecule has 0 N–H and O–H groups in total. The summed E-state index contributed by atoms with van der Waals surface area (Å²) in [6, 6.07) is 9.28. The van der Waals surface area contributed by atoms with Crippen LogP contribution in [0.15, 0.2) is 23.1 Å². The quantitative estimate of drug-likeness (QED) is 0.487. The smallest absolute Gasteiger partial charge is 0.101 e. The van der Waals surface area contributed by atoms with E-state index in [1.54, 1.807) is 31.0 Å². The fourth-order valence-electron chi connectivity index (χ4n) is 1.49. The molecule has 0 bridgehead atoms. The van der Waals surface area contributed by atoms with Gasteiger partial charge in [-0.05, 0) is 18.2 Å². The maximum absolute atomic E-state index is 8.95. The lowest BCUT2D eigenvalue weighted by Crippen LogP contribution is -2.09. The van der Waals surface area contributed by atoms with Crippen molar-refractivity contribution in [2.24, 2.45) is 0 Å². The maximum Gasteiger partial charge on any atom is 0.101 e. The van der Waals surface area contributed by atoms with Crippen molar-refractivity contribution in [3.8, 4) is 12.1 Å². The van der Waals surface area contributed by atoms with E-state index < -0.39 is 0 Å². The summed E-state index contributed by atoms with van der Waals surface area (Å²) in [7, 11) is 1.64. The average Bonchev–Trinajstić information content (AvgIpc) is 2.53. The standard InChI is InChI=1S/C15H18N2O3S/c1-18-4-5-19-6-7-20-8-9-21-15-3-2-13(11-16)14(10-15)12-17/h2-3,10H,4-9H2,1H3. The lowest BCUT2D eigenvalue weighted by atomic mass is 10.1. The Hall–Kier alpha value is -1.57. The number of hydrogen-bond donors (Lipinski definition) is 0. The first-order chi connectivity index (χ1) is 10.3. The molecule has 0 fully saturated rings. The second-order valence-electron chi connectivity index (χ2n) is 4.00. The predicted octanol–water partition coefficient (Wildman–Crippen LogP) is 2.20. The molecule has 0 radical (unpaired) electrons. The summed E-state index contributed by atoms with van der Waals surface area (Å²) in [5.74, 6) is 0.787. The van der Waals surface area contributed by atoms with Crippen LogP contribution in [0, 0.1) is 22.7 Å². The third kappa shape index (κ3) is 7.12. The van der Waals surface area contributed by atoms with Gasteiger partial charge in [0.1, 0.15) is 12.1 Å². The van der Waals surface area contributed by atoms with Gasteiger partial charge in [0.05, 0.1) is 44.2 Å². The van der Waals surface area contributed by atoms with Gasteiger partial charge in [0, 0.05) is 17.8 Å². The largest absolute Gasteiger partial charge is 0.382 e. The zero-order valence-corrected chi connectivity index (χ0v) is 12.8. The molecule has 0 saturated heterocycles. The van der Waals surface area contributed by atoms with E-state index in [1.165, 1.54) is 0 Å². The Bertz CT molecular complexity index is 509. The van der Waals surface area contributed by atoms with Crippen LogP contribution in [0.4, 0.5) is 0 Å². The Kier molecular flexibility index (Phi) is 9.26. The predicted molar refractivity (Wildman–Crippen MR) is 80.1 cm³/mol. The fraction of sp³-hybridized carbons (Fsp3) is 0.467. The van der Waals surface area contributed by atoms with Gasteiger partial charge in [-0.1, -0.05) is 0 Å². The van der Waals surface area contributed by atoms with Crippen LogP contribution in [0.5, 0.6) is 0 Å². The highest BCUT2D eigenvalue weighted by molar-refractivity contribution is 7.99. The van der Waals surface area contributed by atoms with Crippen molar-refractivity contribution >= 4 is 11.8 Å². The molecule has 0 saturated carbocycles. The van der Waals surface area contributed by atoms with Crippen LogP contribution in [0.25, 0.3) is 0 Å². The first kappa shape index (κ1) is 17.5. The molecule has 112 valence electrons. The fourth-order valence-corrected chi connectivity index (χ4v) is 2.29. The SMILES string of the molecule is COCCOCCOCCSc1ccc(C#N)c(C#N)c1. The molecular weight excluding hydrogens is 288 g/mol. The molecule has 0 aliphatic rings. The molecule has 0 aliphatic heterocycles. The lowest BCUT2D eigenvalue weighted by Gasteiger charge is -2.06. The number of thioether (sulfide) groups is 1. The van der Waals surface area contributed by atoms with Gasteiger partial charge < -0.3 is 14.2 Å². The number of rotatable bonds is 10. The zero-order valence-electron chi connectivity index (χ0n) is 12.0. The molecule has 21 heavy (non-hydrogen) atoms. The van der Waals surface area contributed by atoms with Gasteiger partial charge >= 0.3 is 0 Å². The number of nitrogens with zero attached hydrogens (tertiary/aromatic N) is 2. The molecule has 0 spiro atoms. The summed E-state index contributed by atoms with van der Waals surface area (Å²) < 4.78 is 15.6. The monoisotopic (exact) mass is 306 g/mol. The van der Waals surface area contributed by atoms with Crippen LogP contribution in [0.1, 0.15) is 11.1 Å². The molecule has 0 atom stereocenters. The highest BCUT2D eigenvalue weighted by atomic mass is 32.2. The minimum absolute atomic E-state index is 0.409. The van der Waals surface area contributed by atoms with Crippen LogP contribution in [0.3, 0.4) is 0 Å². The molecule has 1 rings (SSSR count). The van der Waals surface area contributed by atoms with Crippen LogP contribution < -0.4 is 0 Å². The van der Waals surface area contributed by atoms with E-state index in [0.717, 1.165) is 10.6 Å². The lowest BCUT2D eigenvalue weighted by molar-refractivity contribution is 0.0286. The number of benzene rings is 1. The van der Waals surface area contributed by atoms with Crippen LogP contribution in [0.2, 0.25) is 0 Å². The number of ether oxygens (including phenoxy) is 3. The third-order valence-electron chi connectivity index (χ3n) is 2.53. The zero-order chi connectivity index (χ0) is 15.3. The highest BCUT2D eigenvalue weighted by Gasteiger charge is 2.03. The Morgan fingerprint density at radius 1 is 0.952 bits per heavy atom. The minimum Gasteiger partial charge on any atom is -0.382 e. The minimum atomic E-state index is 0.409. The first-order valence-electron chi connectivity index (χ1n) is 6.53. The van der Waals surface area contributed by atoms with E-state index in [2.05, 4.69) is 0 Å². The van der Waals surface area contributed by atoms with Gasteiger partial charge in [-0.25, -0.2) is 0 Å². The maximum atomic E-state index is 8.95. The summed E-state index contributed by atoms with van der Waals surface area (Å²) in [5.41, 5.74) is 0.821. The van der Waals surface area contributed by atoms with Gasteiger partial charge in [-0.2, -0.15) is 10.5 Å². The van der Waals surface area contributed by atoms with E-state index in [4.69, 9.17) is 24.7 Å². The molecule has 1 aromatic carbocycles. The number of methoxy groups -OCH3 is 1. The summed E-state index contributed by atoms with van der Waals surface area (Å²) >= 11 is 1.59. The van der Waals surface area contributed by atoms with Crippen molar-refractivity contribution in [1.82, 2.24) is 0 Å². The molecule has 0 heterocycles. The summed E-state index contributed by atoms with van der Waals surface area (Å²) in [5, 5.41) is 17.8. The highest BCUT2D eigenvalue weighted by Crippen LogP contribution is 2.20. The van der Waals surface area contributed by atoms with Gasteiger partial charge in [0.15, 0.2) is 0 Å². The van der Waals surface area contributed by atoms with E-state index in [1.807, 2.05) is 18.2 Å². The Balaban J connectivity index is 2.16. The molecule has 6 heteroatoms. The molecule has 0 amide bonds. The molecule has 0 unspecified atom stereocenters. The molecule has 0 aromatic heterocycles. The van der Waals surface area contributed by atoms with Crippen LogP contribution in [-0.2, 0) is 14.2 Å². The average molecular weight is 306 g/mol. The van der Waals surface area contributed by atoms with Crippen molar-refractivity contribution < 1.29 is 14.2 Å². The van der Waals surface area contributed by atoms with Crippen molar-refractivity contribution in [1.29, 1.82) is 10.5 Å². The normalized spacial score (nSPS) is 10.0. The molecule has 1 aromatic rings. The van der Waals surface area contributed by atoms with Gasteiger partial charge in [0.25, 0.3) is 0 Å². The molecular formula is C15H18N2O3S. The van der Waals surface area contributed by atoms with E-state index >= 15 is 0 Å². The van der Waals surface area contributed by atoms with Crippen molar-refractivity contribution in [2.75, 3.05) is 45.9 Å². The summed E-state index contributed by atoms with van der Waals surface area (Å²) in [4.78, 5) is 0.963. The van der Waals surface area contributed by atoms with Crippen molar-refractivity contribution in [3.05, 3.63) is 29.3 Å². The third-order valence-corrected chi connectivity index (χ3v) is 3.49. The van der Waals surface area contributed by atoms with Gasteiger partial charge in [-0.15, -0.1) is 11.8 Å². The van der Waals surface area contributed by atoms with Crippen LogP contribution in [-0.4, -0.2) is 45.9 Å². The van der Waals surface area contributed by atoms with Gasteiger partial charge in [-0.3, -0.25) is 0 Å². The molecule has 5 nitrogen and oxygen atoms in total. The second-order valence-corrected chi connectivity index (χ2v) is 5.17. The van der Waals surface area contributed by atoms with Crippen LogP contribution >= 0.6 is 11.8 Å². The van der Waals surface area contributed by atoms with Gasteiger partial charge in [0.2, 0.25) is 0 Å². The number of hydrogen-bond acceptors (Lipinski definition) is 6. The van der Waals surface area contributed by atoms with Crippen molar-refractivity contribution in [3.63, 3.8) is 0 Å². The Morgan fingerprint density at radius 3 is 2.29 bits per heavy atom.